The standard InChI is InChI=1S/C33H45N7O11S3.2K/c34-22(8-4-6-11-36-26(41)10-3-2-9-24-29-23(17-52-24)38-33(45)39-29)30(42)37-12-5-1-7-13-40-31(43)20-15-18(53(46,47)48)14-19-27(20)21(32(40)44)16-25(28(19)35)54(49,50)51;;/h14-16,22-24,29H,1-13,17,34-35H2,(H,36,41)(H,37,42)(H2,38,39,45)(H,46,47,48)(H,49,50,51);;/q;2*+1/p-2. The molecule has 0 aliphatic carbocycles. The zero-order chi connectivity index (χ0) is 39.4. The molecule has 5 rings (SSSR count). The first kappa shape index (κ1) is 49.6. The van der Waals surface area contributed by atoms with Gasteiger partial charge in [-0.3, -0.25) is 23.6 Å². The number of unbranched alkanes of at least 4 members (excludes halogenated alkanes) is 4. The third kappa shape index (κ3) is 12.4. The van der Waals surface area contributed by atoms with E-state index in [0.717, 1.165) is 48.1 Å². The van der Waals surface area contributed by atoms with E-state index in [9.17, 15) is 50.5 Å². The molecular formula is C33H43K2N7O11S3. The Hall–Kier alpha value is -0.747. The summed E-state index contributed by atoms with van der Waals surface area (Å²) in [6, 6.07) is 1.91. The number of hydrogen-bond acceptors (Lipinski definition) is 14. The Bertz CT molecular complexity index is 2070. The van der Waals surface area contributed by atoms with Crippen molar-refractivity contribution >= 4 is 78.1 Å². The van der Waals surface area contributed by atoms with Gasteiger partial charge in [0, 0.05) is 47.5 Å². The number of hydrogen-bond donors (Lipinski definition) is 6. The zero-order valence-electron chi connectivity index (χ0n) is 31.2. The number of nitrogens with one attached hydrogen (secondary N) is 2. The summed E-state index contributed by atoms with van der Waals surface area (Å²) in [7, 11) is -9.87. The van der Waals surface area contributed by atoms with Crippen LogP contribution in [0.15, 0.2) is 38.0 Å². The fourth-order valence-corrected chi connectivity index (χ4v) is 9.56. The summed E-state index contributed by atoms with van der Waals surface area (Å²) in [5, 5.41) is 30.3. The van der Waals surface area contributed by atoms with Gasteiger partial charge in [-0.05, 0) is 87.8 Å². The molecule has 4 amide bonds. The van der Waals surface area contributed by atoms with Gasteiger partial charge in [0.15, 0.2) is 0 Å². The van der Waals surface area contributed by atoms with Crippen LogP contribution in [0.3, 0.4) is 0 Å². The first-order valence-electron chi connectivity index (χ1n) is 17.5. The maximum atomic E-state index is 13.4. The molecule has 8 N–H and O–H groups in total. The van der Waals surface area contributed by atoms with E-state index in [1.807, 2.05) is 11.8 Å². The number of thioether (sulfide) groups is 1. The van der Waals surface area contributed by atoms with Crippen LogP contribution in [0.2, 0.25) is 0 Å². The number of nitrogen functional groups attached to an aromatic ring is 1. The molecule has 0 spiro atoms. The smallest absolute Gasteiger partial charge is 0.862 e. The molecular weight excluding hydrogens is 845 g/mol. The van der Waals surface area contributed by atoms with Crippen molar-refractivity contribution in [1.29, 1.82) is 0 Å². The Morgan fingerprint density at radius 1 is 0.893 bits per heavy atom. The molecule has 2 fully saturated rings. The van der Waals surface area contributed by atoms with E-state index in [1.165, 1.54) is 0 Å². The van der Waals surface area contributed by atoms with Crippen LogP contribution in [0.5, 0.6) is 0 Å². The molecule has 3 heterocycles. The van der Waals surface area contributed by atoms with Crippen LogP contribution in [0.25, 0.3) is 10.8 Å². The molecule has 2 saturated heterocycles. The third-order valence-corrected chi connectivity index (χ3v) is 12.9. The van der Waals surface area contributed by atoms with Gasteiger partial charge in [-0.2, -0.15) is 28.6 Å². The molecule has 2 aromatic rings. The molecule has 296 valence electrons. The molecule has 0 radical (unpaired) electrons. The maximum Gasteiger partial charge on any atom is 1.00 e. The molecule has 3 aliphatic heterocycles. The Kier molecular flexibility index (Phi) is 19.2. The van der Waals surface area contributed by atoms with Crippen LogP contribution in [0.4, 0.5) is 10.5 Å². The molecule has 18 nitrogen and oxygen atoms in total. The van der Waals surface area contributed by atoms with Crippen molar-refractivity contribution in [3.8, 4) is 0 Å². The summed E-state index contributed by atoms with van der Waals surface area (Å²) >= 11 is 1.84. The first-order valence-corrected chi connectivity index (χ1v) is 21.5. The minimum Gasteiger partial charge on any atom is -0.862 e. The zero-order valence-corrected chi connectivity index (χ0v) is 39.9. The fraction of sp³-hybridized carbons (Fsp3) is 0.545. The van der Waals surface area contributed by atoms with Gasteiger partial charge in [0.25, 0.3) is 32.1 Å². The SMILES string of the molecule is Nc1c(S(=O)(=O)O)cc2c3c(cc(S(=O)(=O)O)cc13)C(=O)N(CCCCCN=C([O-])C(N)CCCCN=C([O-])CCCCC1SCC3NC(=O)NC31)C2=O.[K+].[K+]. The number of fused-ring (bicyclic) bond motifs is 1. The van der Waals surface area contributed by atoms with Crippen LogP contribution in [0, 0.1) is 0 Å². The molecule has 2 aromatic carbocycles. The largest absolute Gasteiger partial charge is 1.00 e. The summed E-state index contributed by atoms with van der Waals surface area (Å²) in [5.74, 6) is -1.52. The van der Waals surface area contributed by atoms with Gasteiger partial charge < -0.3 is 42.3 Å². The molecule has 56 heavy (non-hydrogen) atoms. The average Bonchev–Trinajstić information content (AvgIpc) is 3.66. The van der Waals surface area contributed by atoms with Crippen molar-refractivity contribution < 1.29 is 153 Å². The first-order chi connectivity index (χ1) is 25.5. The van der Waals surface area contributed by atoms with Crippen LogP contribution in [0.1, 0.15) is 84.9 Å². The number of amides is 4. The fourth-order valence-electron chi connectivity index (χ4n) is 6.83. The average molecular weight is 888 g/mol. The van der Waals surface area contributed by atoms with Crippen LogP contribution in [-0.2, 0) is 20.2 Å². The second kappa shape index (κ2) is 21.7. The Labute approximate surface area is 414 Å². The number of aliphatic imine (C=N–C) groups is 2. The topological polar surface area (TPSA) is 310 Å². The van der Waals surface area contributed by atoms with Crippen LogP contribution < -0.4 is 135 Å². The van der Waals surface area contributed by atoms with Crippen molar-refractivity contribution in [2.24, 2.45) is 15.7 Å². The van der Waals surface area contributed by atoms with Crippen molar-refractivity contribution in [1.82, 2.24) is 15.5 Å². The van der Waals surface area contributed by atoms with Crippen molar-refractivity contribution in [2.75, 3.05) is 31.1 Å². The number of carbonyl (C=O) groups excluding carboxylic acids is 3. The predicted octanol–water partition coefficient (Wildman–Crippen LogP) is -5.57. The summed E-state index contributed by atoms with van der Waals surface area (Å²) in [4.78, 5) is 45.5. The van der Waals surface area contributed by atoms with Gasteiger partial charge in [0.05, 0.1) is 33.8 Å². The number of anilines is 1. The minimum atomic E-state index is -4.98. The van der Waals surface area contributed by atoms with Crippen molar-refractivity contribution in [3.63, 3.8) is 0 Å². The number of urea groups is 1. The van der Waals surface area contributed by atoms with Crippen molar-refractivity contribution in [2.45, 2.75) is 97.4 Å². The molecule has 0 aromatic heterocycles. The summed E-state index contributed by atoms with van der Waals surface area (Å²) in [6.45, 7) is 0.332. The van der Waals surface area contributed by atoms with E-state index in [2.05, 4.69) is 20.6 Å². The second-order valence-corrected chi connectivity index (χ2v) is 17.6. The summed E-state index contributed by atoms with van der Waals surface area (Å²) in [5.41, 5.74) is 10.7. The van der Waals surface area contributed by atoms with Gasteiger partial charge in [-0.25, -0.2) is 4.79 Å². The predicted molar refractivity (Wildman–Crippen MR) is 198 cm³/mol. The van der Waals surface area contributed by atoms with Gasteiger partial charge in [0.2, 0.25) is 0 Å². The van der Waals surface area contributed by atoms with Crippen molar-refractivity contribution in [3.05, 3.63) is 29.3 Å². The van der Waals surface area contributed by atoms with Crippen LogP contribution in [-0.4, -0.2) is 109 Å². The van der Waals surface area contributed by atoms with E-state index in [4.69, 9.17) is 11.5 Å². The number of imide groups is 1. The van der Waals surface area contributed by atoms with Gasteiger partial charge in [0.1, 0.15) is 4.90 Å². The molecule has 23 heteroatoms. The molecule has 0 saturated carbocycles. The number of benzene rings is 2. The molecule has 0 bridgehead atoms. The molecule has 3 aliphatic rings. The Morgan fingerprint density at radius 2 is 1.55 bits per heavy atom. The van der Waals surface area contributed by atoms with E-state index in [0.29, 0.717) is 50.3 Å². The number of carbonyl (C=O) groups is 3. The third-order valence-electron chi connectivity index (χ3n) is 9.64. The van der Waals surface area contributed by atoms with E-state index in [1.54, 1.807) is 0 Å². The maximum absolute atomic E-state index is 13.4. The van der Waals surface area contributed by atoms with Gasteiger partial charge in [-0.1, -0.05) is 6.42 Å². The number of nitrogens with zero attached hydrogens (tertiary/aromatic N) is 3. The van der Waals surface area contributed by atoms with E-state index >= 15 is 0 Å². The monoisotopic (exact) mass is 887 g/mol. The Morgan fingerprint density at radius 3 is 2.23 bits per heavy atom. The normalized spacial score (nSPS) is 20.3. The van der Waals surface area contributed by atoms with Crippen LogP contribution >= 0.6 is 11.8 Å². The van der Waals surface area contributed by atoms with E-state index in [-0.39, 0.29) is 168 Å². The summed E-state index contributed by atoms with van der Waals surface area (Å²) in [6.07, 6.45) is 5.53. The molecule has 4 unspecified atom stereocenters. The number of rotatable bonds is 19. The van der Waals surface area contributed by atoms with Gasteiger partial charge in [-0.15, -0.1) is 0 Å². The summed E-state index contributed by atoms with van der Waals surface area (Å²) < 4.78 is 67.2. The Balaban J connectivity index is 0.00000420. The molecule has 4 atom stereocenters. The quantitative estimate of drug-likeness (QED) is 0.0112. The van der Waals surface area contributed by atoms with E-state index < -0.39 is 59.5 Å². The minimum absolute atomic E-state index is 0. The van der Waals surface area contributed by atoms with Gasteiger partial charge >= 0.3 is 109 Å². The second-order valence-electron chi connectivity index (χ2n) is 13.5. The number of nitrogens with two attached hydrogens (primary N) is 2.